The van der Waals surface area contributed by atoms with Gasteiger partial charge in [0.2, 0.25) is 11.6 Å². The van der Waals surface area contributed by atoms with Gasteiger partial charge in [0.1, 0.15) is 5.69 Å². The zero-order chi connectivity index (χ0) is 20.1. The van der Waals surface area contributed by atoms with Gasteiger partial charge in [-0.2, -0.15) is 5.10 Å². The number of aromatic amines is 1. The molecule has 8 heteroatoms. The summed E-state index contributed by atoms with van der Waals surface area (Å²) in [6.45, 7) is 0.974. The van der Waals surface area contributed by atoms with Crippen LogP contribution in [0, 0.1) is 0 Å². The van der Waals surface area contributed by atoms with E-state index in [-0.39, 0.29) is 28.5 Å². The molecule has 0 spiro atoms. The molecular weight excluding hydrogens is 376 g/mol. The van der Waals surface area contributed by atoms with Crippen LogP contribution in [0.3, 0.4) is 0 Å². The van der Waals surface area contributed by atoms with E-state index in [9.17, 15) is 14.4 Å². The van der Waals surface area contributed by atoms with Gasteiger partial charge in [0.05, 0.1) is 10.5 Å². The molecule has 0 aliphatic heterocycles. The minimum Gasteiger partial charge on any atom is -0.321 e. The second-order valence-electron chi connectivity index (χ2n) is 6.70. The number of fused-ring (bicyclic) bond motifs is 1. The summed E-state index contributed by atoms with van der Waals surface area (Å²) in [7, 11) is 4.03. The number of allylic oxidation sites excluding steroid dienone is 2. The Kier molecular flexibility index (Phi) is 6.43. The number of Topliss-reactive ketones (excluding diaryl/α,β-unsaturated/α-hetero) is 1. The van der Waals surface area contributed by atoms with E-state index in [1.807, 2.05) is 20.2 Å². The van der Waals surface area contributed by atoms with E-state index in [2.05, 4.69) is 20.4 Å². The first-order chi connectivity index (χ1) is 13.5. The van der Waals surface area contributed by atoms with Crippen LogP contribution < -0.4 is 5.32 Å². The Morgan fingerprint density at radius 2 is 1.93 bits per heavy atom. The van der Waals surface area contributed by atoms with E-state index < -0.39 is 5.91 Å². The molecule has 0 radical (unpaired) electrons. The van der Waals surface area contributed by atoms with Crippen molar-refractivity contribution in [1.82, 2.24) is 15.1 Å². The van der Waals surface area contributed by atoms with Crippen LogP contribution in [0.5, 0.6) is 0 Å². The molecule has 2 N–H and O–H groups in total. The quantitative estimate of drug-likeness (QED) is 0.664. The number of hydrogen-bond donors (Lipinski definition) is 2. The second kappa shape index (κ2) is 8.99. The first kappa shape index (κ1) is 20.0. The number of nitrogens with one attached hydrogen (secondary N) is 2. The number of anilines is 1. The maximum absolute atomic E-state index is 12.9. The Bertz CT molecular complexity index is 919. The molecule has 1 aliphatic rings. The number of aromatic nitrogens is 2. The molecule has 0 saturated heterocycles. The van der Waals surface area contributed by atoms with Gasteiger partial charge in [-0.25, -0.2) is 0 Å². The molecule has 1 heterocycles. The molecule has 28 heavy (non-hydrogen) atoms. The number of carbonyl (C=O) groups excluding carboxylic acids is 3. The van der Waals surface area contributed by atoms with E-state index in [1.54, 1.807) is 24.3 Å². The minimum atomic E-state index is -0.526. The largest absolute Gasteiger partial charge is 0.321 e. The van der Waals surface area contributed by atoms with Crippen molar-refractivity contribution in [1.29, 1.82) is 0 Å². The Morgan fingerprint density at radius 1 is 1.18 bits per heavy atom. The van der Waals surface area contributed by atoms with Crippen molar-refractivity contribution in [2.75, 3.05) is 31.7 Å². The minimum absolute atomic E-state index is 0.0525. The van der Waals surface area contributed by atoms with E-state index in [1.165, 1.54) is 17.8 Å². The first-order valence-corrected chi connectivity index (χ1v) is 9.99. The first-order valence-electron chi connectivity index (χ1n) is 9.00. The topological polar surface area (TPSA) is 95.2 Å². The zero-order valence-electron chi connectivity index (χ0n) is 15.8. The predicted molar refractivity (Wildman–Crippen MR) is 110 cm³/mol. The van der Waals surface area contributed by atoms with Gasteiger partial charge >= 0.3 is 0 Å². The number of nitrogens with zero attached hydrogens (tertiary/aromatic N) is 2. The Hall–Kier alpha value is -2.71. The summed E-state index contributed by atoms with van der Waals surface area (Å²) in [6, 6.07) is 8.88. The molecule has 0 saturated carbocycles. The predicted octanol–water partition coefficient (Wildman–Crippen LogP) is 3.00. The van der Waals surface area contributed by atoms with Gasteiger partial charge in [-0.1, -0.05) is 18.2 Å². The number of para-hydroxylation sites is 1. The average molecular weight is 398 g/mol. The average Bonchev–Trinajstić information content (AvgIpc) is 3.12. The van der Waals surface area contributed by atoms with Crippen molar-refractivity contribution in [2.24, 2.45) is 0 Å². The maximum atomic E-state index is 12.9. The Morgan fingerprint density at radius 3 is 2.64 bits per heavy atom. The molecule has 0 bridgehead atoms. The lowest BCUT2D eigenvalue weighted by Crippen LogP contribution is -2.20. The van der Waals surface area contributed by atoms with E-state index in [4.69, 9.17) is 0 Å². The maximum Gasteiger partial charge on any atom is 0.276 e. The van der Waals surface area contributed by atoms with Crippen molar-refractivity contribution in [3.63, 3.8) is 0 Å². The molecule has 1 aromatic carbocycles. The fourth-order valence-electron chi connectivity index (χ4n) is 2.82. The van der Waals surface area contributed by atoms with Crippen LogP contribution in [0.15, 0.2) is 41.3 Å². The molecule has 146 valence electrons. The molecule has 0 atom stereocenters. The van der Waals surface area contributed by atoms with Gasteiger partial charge < -0.3 is 10.2 Å². The van der Waals surface area contributed by atoms with E-state index >= 15 is 0 Å². The summed E-state index contributed by atoms with van der Waals surface area (Å²) >= 11 is 1.35. The number of thioether (sulfide) groups is 1. The number of rotatable bonds is 8. The highest BCUT2D eigenvalue weighted by Gasteiger charge is 2.33. The number of ketones is 2. The van der Waals surface area contributed by atoms with Crippen LogP contribution in [0.2, 0.25) is 0 Å². The molecule has 7 nitrogen and oxygen atoms in total. The summed E-state index contributed by atoms with van der Waals surface area (Å²) < 4.78 is 0. The van der Waals surface area contributed by atoms with Crippen molar-refractivity contribution in [3.8, 4) is 0 Å². The fraction of sp³-hybridized carbons (Fsp3) is 0.300. The number of H-pyrrole nitrogens is 1. The lowest BCUT2D eigenvalue weighted by atomic mass is 9.99. The highest BCUT2D eigenvalue weighted by Crippen LogP contribution is 2.30. The van der Waals surface area contributed by atoms with Crippen LogP contribution in [0.4, 0.5) is 5.69 Å². The molecule has 0 fully saturated rings. The van der Waals surface area contributed by atoms with Crippen LogP contribution in [0.25, 0.3) is 0 Å². The van der Waals surface area contributed by atoms with Gasteiger partial charge in [0, 0.05) is 11.8 Å². The van der Waals surface area contributed by atoms with E-state index in [0.717, 1.165) is 25.1 Å². The van der Waals surface area contributed by atoms with Crippen molar-refractivity contribution in [3.05, 3.63) is 58.3 Å². The summed E-state index contributed by atoms with van der Waals surface area (Å²) in [6.07, 6.45) is 3.27. The highest BCUT2D eigenvalue weighted by atomic mass is 32.2. The lowest BCUT2D eigenvalue weighted by molar-refractivity contribution is 0.0979. The van der Waals surface area contributed by atoms with Gasteiger partial charge in [-0.15, -0.1) is 11.8 Å². The van der Waals surface area contributed by atoms with Crippen LogP contribution in [-0.4, -0.2) is 59.0 Å². The van der Waals surface area contributed by atoms with Gasteiger partial charge in [0.25, 0.3) is 5.91 Å². The smallest absolute Gasteiger partial charge is 0.276 e. The Balaban J connectivity index is 1.71. The summed E-state index contributed by atoms with van der Waals surface area (Å²) in [5.41, 5.74) is 0.651. The molecule has 2 aromatic rings. The second-order valence-corrected chi connectivity index (χ2v) is 7.84. The van der Waals surface area contributed by atoms with Crippen molar-refractivity contribution >= 4 is 34.9 Å². The van der Waals surface area contributed by atoms with Crippen LogP contribution >= 0.6 is 11.8 Å². The summed E-state index contributed by atoms with van der Waals surface area (Å²) in [4.78, 5) is 40.3. The molecule has 1 amide bonds. The third-order valence-electron chi connectivity index (χ3n) is 4.23. The monoisotopic (exact) mass is 398 g/mol. The zero-order valence-corrected chi connectivity index (χ0v) is 16.6. The third-order valence-corrected chi connectivity index (χ3v) is 5.34. The SMILES string of the molecule is CN(C)CCCCSC1=CC(=O)c2[nH]nc(C(=O)Nc3ccccc3)c2C1=O. The number of hydrogen-bond acceptors (Lipinski definition) is 6. The normalized spacial score (nSPS) is 13.5. The number of carbonyl (C=O) groups is 3. The summed E-state index contributed by atoms with van der Waals surface area (Å²) in [5, 5.41) is 9.17. The standard InChI is InChI=1S/C20H22N4O3S/c1-24(2)10-6-7-11-28-15-12-14(25)17-16(19(15)26)18(23-22-17)20(27)21-13-8-4-3-5-9-13/h3-5,8-9,12H,6-7,10-11H2,1-2H3,(H,21,27)(H,22,23). The van der Waals surface area contributed by atoms with Gasteiger partial charge in [-0.05, 0) is 51.4 Å². The number of unbranched alkanes of at least 4 members (excludes halogenated alkanes) is 1. The third kappa shape index (κ3) is 4.58. The van der Waals surface area contributed by atoms with Crippen LogP contribution in [-0.2, 0) is 0 Å². The fourth-order valence-corrected chi connectivity index (χ4v) is 3.81. The van der Waals surface area contributed by atoms with Gasteiger partial charge in [-0.3, -0.25) is 19.5 Å². The van der Waals surface area contributed by atoms with E-state index in [0.29, 0.717) is 10.6 Å². The number of amides is 1. The number of benzene rings is 1. The van der Waals surface area contributed by atoms with Crippen molar-refractivity contribution in [2.45, 2.75) is 12.8 Å². The highest BCUT2D eigenvalue weighted by molar-refractivity contribution is 8.04. The molecule has 0 unspecified atom stereocenters. The van der Waals surface area contributed by atoms with Crippen LogP contribution in [0.1, 0.15) is 44.2 Å². The van der Waals surface area contributed by atoms with Gasteiger partial charge in [0.15, 0.2) is 5.69 Å². The Labute approximate surface area is 167 Å². The summed E-state index contributed by atoms with van der Waals surface area (Å²) in [5.74, 6) is -0.463. The van der Waals surface area contributed by atoms with Crippen molar-refractivity contribution < 1.29 is 14.4 Å². The molecule has 1 aromatic heterocycles. The molecule has 1 aliphatic carbocycles. The molecular formula is C20H22N4O3S. The molecule has 3 rings (SSSR count). The lowest BCUT2D eigenvalue weighted by Gasteiger charge is -2.13.